The highest BCUT2D eigenvalue weighted by molar-refractivity contribution is 6.34. The van der Waals surface area contributed by atoms with E-state index in [4.69, 9.17) is 10.2 Å². The number of methoxy groups -OCH3 is 3. The van der Waals surface area contributed by atoms with Crippen LogP contribution in [0.1, 0.15) is 32.6 Å². The highest BCUT2D eigenvalue weighted by Gasteiger charge is 2.16. The lowest BCUT2D eigenvalue weighted by Gasteiger charge is -2.00. The second kappa shape index (κ2) is 20.6. The molecule has 0 bridgehead atoms. The Bertz CT molecular complexity index is 512. The van der Waals surface area contributed by atoms with Gasteiger partial charge in [0.25, 0.3) is 0 Å². The van der Waals surface area contributed by atoms with E-state index in [9.17, 15) is 28.8 Å². The Balaban J connectivity index is -0.000000392. The quantitative estimate of drug-likeness (QED) is 0.188. The number of Topliss-reactive ketones (excluding diaryl/α,β-unsaturated/α-hetero) is 3. The molecule has 12 nitrogen and oxygen atoms in total. The van der Waals surface area contributed by atoms with Crippen LogP contribution < -0.4 is 0 Å². The molecule has 0 spiro atoms. The van der Waals surface area contributed by atoms with Crippen molar-refractivity contribution in [2.45, 2.75) is 32.6 Å². The fraction of sp³-hybridized carbons (Fsp3) is 0.625. The summed E-state index contributed by atoms with van der Waals surface area (Å²) in [6.07, 6.45) is -0.289. The van der Waals surface area contributed by atoms with Crippen molar-refractivity contribution in [3.63, 3.8) is 0 Å². The van der Waals surface area contributed by atoms with E-state index in [1.165, 1.54) is 21.1 Å². The predicted octanol–water partition coefficient (Wildman–Crippen LogP) is -1.32. The Morgan fingerprint density at radius 1 is 0.714 bits per heavy atom. The third kappa shape index (κ3) is 21.3. The largest absolute Gasteiger partial charge is 0.469 e. The zero-order valence-electron chi connectivity index (χ0n) is 16.2. The molecular weight excluding hydrogens is 384 g/mol. The Hall–Kier alpha value is -2.70. The van der Waals surface area contributed by atoms with Crippen LogP contribution in [0.2, 0.25) is 0 Å². The average molecular weight is 410 g/mol. The molecule has 0 aromatic rings. The van der Waals surface area contributed by atoms with E-state index >= 15 is 0 Å². The van der Waals surface area contributed by atoms with Crippen LogP contribution in [0.25, 0.3) is 0 Å². The molecule has 0 saturated heterocycles. The fourth-order valence-electron chi connectivity index (χ4n) is 1.12. The minimum absolute atomic E-state index is 0.0704. The van der Waals surface area contributed by atoms with Crippen LogP contribution in [0.3, 0.4) is 0 Å². The van der Waals surface area contributed by atoms with Gasteiger partial charge in [0, 0.05) is 26.4 Å². The van der Waals surface area contributed by atoms with Gasteiger partial charge in [0.05, 0.1) is 20.6 Å². The van der Waals surface area contributed by atoms with Gasteiger partial charge in [0.15, 0.2) is 6.79 Å². The number of aliphatic hydroxyl groups excluding tert-OH is 1. The molecule has 0 fully saturated rings. The van der Waals surface area contributed by atoms with E-state index < -0.39 is 36.3 Å². The summed E-state index contributed by atoms with van der Waals surface area (Å²) in [7, 11) is 3.66. The standard InChI is InChI=1S/C8H12O5.C7H10O5.CH4O2/c1-6(9)3-4-7(10)8(11)13-5-12-2;1-11-6(9)4-3-5(8)7(10)12-2;2-1-3/h3-5H2,1-2H3;3-4H2,1-2H3;2-3H,1H2. The Labute approximate surface area is 161 Å². The van der Waals surface area contributed by atoms with Crippen molar-refractivity contribution in [2.24, 2.45) is 0 Å². The van der Waals surface area contributed by atoms with E-state index in [0.717, 1.165) is 7.11 Å². The minimum Gasteiger partial charge on any atom is -0.469 e. The van der Waals surface area contributed by atoms with Gasteiger partial charge in [-0.1, -0.05) is 0 Å². The summed E-state index contributed by atoms with van der Waals surface area (Å²) in [5, 5.41) is 14.2. The molecule has 0 unspecified atom stereocenters. The van der Waals surface area contributed by atoms with Gasteiger partial charge in [-0.25, -0.2) is 9.59 Å². The fourth-order valence-corrected chi connectivity index (χ4v) is 1.12. The van der Waals surface area contributed by atoms with Crippen LogP contribution in [-0.2, 0) is 47.7 Å². The van der Waals surface area contributed by atoms with Gasteiger partial charge < -0.3 is 34.0 Å². The van der Waals surface area contributed by atoms with Crippen LogP contribution in [-0.4, -0.2) is 80.4 Å². The zero-order valence-corrected chi connectivity index (χ0v) is 16.2. The first kappa shape index (κ1) is 30.0. The molecule has 0 radical (unpaired) electrons. The van der Waals surface area contributed by atoms with Crippen LogP contribution >= 0.6 is 0 Å². The van der Waals surface area contributed by atoms with Crippen LogP contribution in [0.15, 0.2) is 0 Å². The highest BCUT2D eigenvalue weighted by atomic mass is 16.7. The highest BCUT2D eigenvalue weighted by Crippen LogP contribution is 1.95. The van der Waals surface area contributed by atoms with Gasteiger partial charge in [-0.05, 0) is 6.92 Å². The molecular formula is C16H26O12. The maximum absolute atomic E-state index is 10.9. The Morgan fingerprint density at radius 3 is 1.57 bits per heavy atom. The first-order chi connectivity index (χ1) is 13.1. The summed E-state index contributed by atoms with van der Waals surface area (Å²) in [6.45, 7) is 0.360. The zero-order chi connectivity index (χ0) is 22.5. The lowest BCUT2D eigenvalue weighted by Crippen LogP contribution is -2.19. The lowest BCUT2D eigenvalue weighted by atomic mass is 10.2. The first-order valence-electron chi connectivity index (χ1n) is 7.69. The van der Waals surface area contributed by atoms with Gasteiger partial charge in [0.2, 0.25) is 11.6 Å². The van der Waals surface area contributed by atoms with Gasteiger partial charge in [-0.15, -0.1) is 0 Å². The van der Waals surface area contributed by atoms with E-state index in [-0.39, 0.29) is 38.3 Å². The molecule has 0 aliphatic heterocycles. The number of hydrogen-bond donors (Lipinski definition) is 2. The number of carbonyl (C=O) groups excluding carboxylic acids is 6. The molecule has 0 rings (SSSR count). The third-order valence-electron chi connectivity index (χ3n) is 2.44. The van der Waals surface area contributed by atoms with Gasteiger partial charge >= 0.3 is 17.9 Å². The molecule has 0 aromatic heterocycles. The molecule has 0 aliphatic rings. The lowest BCUT2D eigenvalue weighted by molar-refractivity contribution is -0.161. The SMILES string of the molecule is COC(=O)CCC(=O)C(=O)OC.COCOC(=O)C(=O)CCC(C)=O.OCO. The molecule has 162 valence electrons. The van der Waals surface area contributed by atoms with Crippen molar-refractivity contribution in [1.82, 2.24) is 0 Å². The number of rotatable bonds is 10. The van der Waals surface area contributed by atoms with Gasteiger partial charge in [0.1, 0.15) is 12.6 Å². The number of ketones is 3. The van der Waals surface area contributed by atoms with E-state index in [2.05, 4.69) is 18.9 Å². The topological polar surface area (TPSA) is 180 Å². The summed E-state index contributed by atoms with van der Waals surface area (Å²) in [6, 6.07) is 0. The molecule has 28 heavy (non-hydrogen) atoms. The monoisotopic (exact) mass is 410 g/mol. The number of aliphatic hydroxyl groups is 2. The second-order valence-electron chi connectivity index (χ2n) is 4.60. The second-order valence-corrected chi connectivity index (χ2v) is 4.60. The van der Waals surface area contributed by atoms with Crippen LogP contribution in [0.5, 0.6) is 0 Å². The van der Waals surface area contributed by atoms with Crippen molar-refractivity contribution in [3.8, 4) is 0 Å². The molecule has 0 atom stereocenters. The molecule has 0 aliphatic carbocycles. The number of esters is 3. The maximum atomic E-state index is 10.9. The van der Waals surface area contributed by atoms with Gasteiger partial charge in [-0.2, -0.15) is 0 Å². The summed E-state index contributed by atoms with van der Waals surface area (Å²) >= 11 is 0. The van der Waals surface area contributed by atoms with Crippen molar-refractivity contribution in [1.29, 1.82) is 0 Å². The Morgan fingerprint density at radius 2 is 1.18 bits per heavy atom. The van der Waals surface area contributed by atoms with Gasteiger partial charge in [-0.3, -0.25) is 14.4 Å². The minimum atomic E-state index is -0.955. The average Bonchev–Trinajstić information content (AvgIpc) is 2.68. The molecule has 2 N–H and O–H groups in total. The number of carbonyl (C=O) groups is 6. The molecule has 0 amide bonds. The summed E-state index contributed by atoms with van der Waals surface area (Å²) in [5.41, 5.74) is 0. The van der Waals surface area contributed by atoms with E-state index in [1.54, 1.807) is 0 Å². The van der Waals surface area contributed by atoms with Crippen molar-refractivity contribution in [3.05, 3.63) is 0 Å². The van der Waals surface area contributed by atoms with E-state index in [1.807, 2.05) is 0 Å². The summed E-state index contributed by atoms with van der Waals surface area (Å²) in [4.78, 5) is 63.8. The molecule has 12 heteroatoms. The predicted molar refractivity (Wildman–Crippen MR) is 90.5 cm³/mol. The normalized spacial score (nSPS) is 8.79. The van der Waals surface area contributed by atoms with Crippen LogP contribution in [0.4, 0.5) is 0 Å². The smallest absolute Gasteiger partial charge is 0.376 e. The summed E-state index contributed by atoms with van der Waals surface area (Å²) < 4.78 is 17.2. The van der Waals surface area contributed by atoms with Crippen molar-refractivity contribution < 1.29 is 57.9 Å². The van der Waals surface area contributed by atoms with Crippen LogP contribution in [0, 0.1) is 0 Å². The van der Waals surface area contributed by atoms with E-state index in [0.29, 0.717) is 0 Å². The Kier molecular flexibility index (Phi) is 22.1. The number of hydrogen-bond acceptors (Lipinski definition) is 12. The first-order valence-corrected chi connectivity index (χ1v) is 7.69. The maximum Gasteiger partial charge on any atom is 0.376 e. The number of ether oxygens (including phenoxy) is 4. The molecule has 0 heterocycles. The molecule has 0 aromatic carbocycles. The summed E-state index contributed by atoms with van der Waals surface area (Å²) in [5.74, 6) is -3.96. The molecule has 0 saturated carbocycles. The van der Waals surface area contributed by atoms with Crippen molar-refractivity contribution >= 4 is 35.3 Å². The third-order valence-corrected chi connectivity index (χ3v) is 2.44. The van der Waals surface area contributed by atoms with Crippen molar-refractivity contribution in [2.75, 3.05) is 34.9 Å².